The lowest BCUT2D eigenvalue weighted by atomic mass is 10.1. The van der Waals surface area contributed by atoms with E-state index in [0.29, 0.717) is 23.8 Å². The molecule has 23 heavy (non-hydrogen) atoms. The number of pyridine rings is 1. The molecule has 2 aromatic rings. The Balaban J connectivity index is 1.54. The van der Waals surface area contributed by atoms with E-state index in [2.05, 4.69) is 20.9 Å². The van der Waals surface area contributed by atoms with E-state index in [1.807, 2.05) is 35.2 Å². The minimum absolute atomic E-state index is 0.0255. The first-order chi connectivity index (χ1) is 11.1. The lowest BCUT2D eigenvalue weighted by Crippen LogP contribution is -2.42. The first-order valence-electron chi connectivity index (χ1n) is 7.45. The van der Waals surface area contributed by atoms with Gasteiger partial charge in [0.25, 0.3) is 5.91 Å². The van der Waals surface area contributed by atoms with Crippen LogP contribution in [-0.4, -0.2) is 35.0 Å². The number of hydrogen-bond acceptors (Lipinski definition) is 3. The third kappa shape index (κ3) is 4.24. The number of halogens is 2. The van der Waals surface area contributed by atoms with Crippen LogP contribution < -0.4 is 4.74 Å². The van der Waals surface area contributed by atoms with E-state index in [1.165, 1.54) is 0 Å². The van der Waals surface area contributed by atoms with Crippen LogP contribution >= 0.6 is 27.5 Å². The summed E-state index contributed by atoms with van der Waals surface area (Å²) in [5.74, 6) is 0.788. The van der Waals surface area contributed by atoms with Gasteiger partial charge in [0.2, 0.25) is 0 Å². The lowest BCUT2D eigenvalue weighted by molar-refractivity contribution is 0.0590. The van der Waals surface area contributed by atoms with E-state index in [0.717, 1.165) is 23.1 Å². The molecule has 3 rings (SSSR count). The smallest absolute Gasteiger partial charge is 0.272 e. The first kappa shape index (κ1) is 16.3. The van der Waals surface area contributed by atoms with Crippen molar-refractivity contribution in [1.82, 2.24) is 9.88 Å². The highest BCUT2D eigenvalue weighted by Gasteiger charge is 2.25. The quantitative estimate of drug-likeness (QED) is 0.783. The molecule has 6 heteroatoms. The number of likely N-dealkylation sites (tertiary alicyclic amines) is 1. The van der Waals surface area contributed by atoms with Gasteiger partial charge in [-0.2, -0.15) is 0 Å². The number of aromatic nitrogens is 1. The molecule has 120 valence electrons. The molecule has 0 bridgehead atoms. The van der Waals surface area contributed by atoms with Crippen LogP contribution in [0.2, 0.25) is 5.02 Å². The van der Waals surface area contributed by atoms with Crippen molar-refractivity contribution < 1.29 is 9.53 Å². The molecular weight excluding hydrogens is 380 g/mol. The molecule has 1 amide bonds. The number of piperidine rings is 1. The molecule has 1 saturated heterocycles. The fourth-order valence-corrected chi connectivity index (χ4v) is 2.91. The van der Waals surface area contributed by atoms with Crippen LogP contribution in [0.1, 0.15) is 23.3 Å². The molecule has 0 spiro atoms. The van der Waals surface area contributed by atoms with Gasteiger partial charge < -0.3 is 9.64 Å². The van der Waals surface area contributed by atoms with Crippen LogP contribution in [0.4, 0.5) is 0 Å². The normalized spacial score (nSPS) is 15.5. The Bertz CT molecular complexity index is 668. The second-order valence-electron chi connectivity index (χ2n) is 5.42. The van der Waals surface area contributed by atoms with Crippen molar-refractivity contribution in [2.45, 2.75) is 18.9 Å². The third-order valence-electron chi connectivity index (χ3n) is 3.79. The average Bonchev–Trinajstić information content (AvgIpc) is 2.58. The van der Waals surface area contributed by atoms with Gasteiger partial charge in [0.15, 0.2) is 0 Å². The summed E-state index contributed by atoms with van der Waals surface area (Å²) in [4.78, 5) is 18.4. The van der Waals surface area contributed by atoms with E-state index in [1.54, 1.807) is 12.3 Å². The van der Waals surface area contributed by atoms with Gasteiger partial charge in [-0.1, -0.05) is 11.6 Å². The zero-order chi connectivity index (χ0) is 16.2. The van der Waals surface area contributed by atoms with E-state index in [-0.39, 0.29) is 12.0 Å². The number of carbonyl (C=O) groups excluding carboxylic acids is 1. The Morgan fingerprint density at radius 2 is 1.87 bits per heavy atom. The molecule has 0 unspecified atom stereocenters. The Morgan fingerprint density at radius 3 is 2.48 bits per heavy atom. The summed E-state index contributed by atoms with van der Waals surface area (Å²) in [5.41, 5.74) is 0.477. The maximum atomic E-state index is 12.4. The minimum Gasteiger partial charge on any atom is -0.490 e. The summed E-state index contributed by atoms with van der Waals surface area (Å²) in [6.07, 6.45) is 3.39. The van der Waals surface area contributed by atoms with Gasteiger partial charge in [-0.05, 0) is 52.3 Å². The number of rotatable bonds is 3. The van der Waals surface area contributed by atoms with Crippen molar-refractivity contribution in [2.24, 2.45) is 0 Å². The maximum absolute atomic E-state index is 12.4. The summed E-state index contributed by atoms with van der Waals surface area (Å²) < 4.78 is 6.81. The lowest BCUT2D eigenvalue weighted by Gasteiger charge is -2.32. The molecule has 4 nitrogen and oxygen atoms in total. The average molecular weight is 396 g/mol. The van der Waals surface area contributed by atoms with Crippen LogP contribution in [0.3, 0.4) is 0 Å². The van der Waals surface area contributed by atoms with Gasteiger partial charge in [0.05, 0.1) is 0 Å². The SMILES string of the molecule is O=C(c1ccc(Br)cn1)N1CCC(Oc2ccc(Cl)cc2)CC1. The molecule has 1 aromatic carbocycles. The van der Waals surface area contributed by atoms with E-state index in [4.69, 9.17) is 16.3 Å². The van der Waals surface area contributed by atoms with Gasteiger partial charge in [0.1, 0.15) is 17.5 Å². The fraction of sp³-hybridized carbons (Fsp3) is 0.294. The van der Waals surface area contributed by atoms with Crippen LogP contribution in [0, 0.1) is 0 Å². The number of ether oxygens (including phenoxy) is 1. The topological polar surface area (TPSA) is 42.4 Å². The Kier molecular flexibility index (Phi) is 5.18. The highest BCUT2D eigenvalue weighted by Crippen LogP contribution is 2.22. The van der Waals surface area contributed by atoms with Gasteiger partial charge in [-0.25, -0.2) is 4.98 Å². The molecule has 0 aliphatic carbocycles. The second-order valence-corrected chi connectivity index (χ2v) is 6.78. The largest absolute Gasteiger partial charge is 0.490 e. The molecule has 0 saturated carbocycles. The number of nitrogens with zero attached hydrogens (tertiary/aromatic N) is 2. The number of amides is 1. The number of hydrogen-bond donors (Lipinski definition) is 0. The van der Waals surface area contributed by atoms with Crippen molar-refractivity contribution in [3.8, 4) is 5.75 Å². The van der Waals surface area contributed by atoms with Crippen molar-refractivity contribution >= 4 is 33.4 Å². The van der Waals surface area contributed by atoms with Crippen molar-refractivity contribution in [3.05, 3.63) is 57.8 Å². The number of benzene rings is 1. The van der Waals surface area contributed by atoms with Crippen molar-refractivity contribution in [1.29, 1.82) is 0 Å². The predicted molar refractivity (Wildman–Crippen MR) is 92.9 cm³/mol. The molecule has 2 heterocycles. The third-order valence-corrected chi connectivity index (χ3v) is 4.51. The monoisotopic (exact) mass is 394 g/mol. The second kappa shape index (κ2) is 7.32. The summed E-state index contributed by atoms with van der Waals surface area (Å²) >= 11 is 9.19. The van der Waals surface area contributed by atoms with Crippen LogP contribution in [0.25, 0.3) is 0 Å². The fourth-order valence-electron chi connectivity index (χ4n) is 2.55. The minimum atomic E-state index is -0.0255. The summed E-state index contributed by atoms with van der Waals surface area (Å²) in [5, 5.41) is 0.694. The van der Waals surface area contributed by atoms with Crippen molar-refractivity contribution in [3.63, 3.8) is 0 Å². The molecule has 1 aliphatic heterocycles. The molecule has 0 N–H and O–H groups in total. The highest BCUT2D eigenvalue weighted by molar-refractivity contribution is 9.10. The Hall–Kier alpha value is -1.59. The zero-order valence-electron chi connectivity index (χ0n) is 12.4. The zero-order valence-corrected chi connectivity index (χ0v) is 14.8. The van der Waals surface area contributed by atoms with Gasteiger partial charge >= 0.3 is 0 Å². The molecule has 1 aliphatic rings. The summed E-state index contributed by atoms with van der Waals surface area (Å²) in [6.45, 7) is 1.35. The predicted octanol–water partition coefficient (Wildman–Crippen LogP) is 4.18. The van der Waals surface area contributed by atoms with Gasteiger partial charge in [-0.3, -0.25) is 4.79 Å². The highest BCUT2D eigenvalue weighted by atomic mass is 79.9. The van der Waals surface area contributed by atoms with Crippen molar-refractivity contribution in [2.75, 3.05) is 13.1 Å². The van der Waals surface area contributed by atoms with E-state index < -0.39 is 0 Å². The van der Waals surface area contributed by atoms with Gasteiger partial charge in [0, 0.05) is 41.6 Å². The van der Waals surface area contributed by atoms with Crippen LogP contribution in [-0.2, 0) is 0 Å². The molecule has 0 radical (unpaired) electrons. The summed E-state index contributed by atoms with van der Waals surface area (Å²) in [7, 11) is 0. The van der Waals surface area contributed by atoms with Crippen LogP contribution in [0.15, 0.2) is 47.1 Å². The maximum Gasteiger partial charge on any atom is 0.272 e. The molecular formula is C17H16BrClN2O2. The Morgan fingerprint density at radius 1 is 1.17 bits per heavy atom. The van der Waals surface area contributed by atoms with E-state index in [9.17, 15) is 4.79 Å². The first-order valence-corrected chi connectivity index (χ1v) is 8.62. The van der Waals surface area contributed by atoms with Gasteiger partial charge in [-0.15, -0.1) is 0 Å². The Labute approximate surface area is 148 Å². The number of carbonyl (C=O) groups is 1. The molecule has 1 fully saturated rings. The molecule has 0 atom stereocenters. The van der Waals surface area contributed by atoms with Crippen LogP contribution in [0.5, 0.6) is 5.75 Å². The standard InChI is InChI=1S/C17H16BrClN2O2/c18-12-1-6-16(20-11-12)17(22)21-9-7-15(8-10-21)23-14-4-2-13(19)3-5-14/h1-6,11,15H,7-10H2. The van der Waals surface area contributed by atoms with E-state index >= 15 is 0 Å². The summed E-state index contributed by atoms with van der Waals surface area (Å²) in [6, 6.07) is 10.9. The molecule has 1 aromatic heterocycles.